The number of fused-ring (bicyclic) bond motifs is 1. The highest BCUT2D eigenvalue weighted by Gasteiger charge is 2.13. The van der Waals surface area contributed by atoms with E-state index in [2.05, 4.69) is 33.8 Å². The van der Waals surface area contributed by atoms with Gasteiger partial charge in [0.2, 0.25) is 0 Å². The summed E-state index contributed by atoms with van der Waals surface area (Å²) in [6, 6.07) is 6.58. The third kappa shape index (κ3) is 2.08. The van der Waals surface area contributed by atoms with Gasteiger partial charge in [0.15, 0.2) is 0 Å². The van der Waals surface area contributed by atoms with Crippen molar-refractivity contribution in [3.63, 3.8) is 0 Å². The molecule has 1 N–H and O–H groups in total. The first-order valence-electron chi connectivity index (χ1n) is 5.98. The number of nitrogens with zero attached hydrogens (tertiary/aromatic N) is 3. The lowest BCUT2D eigenvalue weighted by Crippen LogP contribution is -2.24. The van der Waals surface area contributed by atoms with Crippen LogP contribution in [-0.4, -0.2) is 21.5 Å². The van der Waals surface area contributed by atoms with Crippen molar-refractivity contribution in [3.8, 4) is 0 Å². The quantitative estimate of drug-likeness (QED) is 0.835. The minimum Gasteiger partial charge on any atom is -0.312 e. The number of hydrogen-bond donors (Lipinski definition) is 1. The van der Waals surface area contributed by atoms with Crippen LogP contribution >= 0.6 is 0 Å². The molecule has 0 aliphatic carbocycles. The van der Waals surface area contributed by atoms with Gasteiger partial charge < -0.3 is 5.32 Å². The Hall–Kier alpha value is -1.68. The van der Waals surface area contributed by atoms with E-state index in [4.69, 9.17) is 0 Å². The van der Waals surface area contributed by atoms with Crippen molar-refractivity contribution < 1.29 is 0 Å². The minimum atomic E-state index is 0.874. The number of nitrogens with one attached hydrogen (secondary N) is 1. The molecule has 4 nitrogen and oxygen atoms in total. The highest BCUT2D eigenvalue weighted by Crippen LogP contribution is 2.20. The van der Waals surface area contributed by atoms with E-state index in [1.807, 2.05) is 13.2 Å². The molecular weight excluding hydrogens is 212 g/mol. The Morgan fingerprint density at radius 1 is 1.41 bits per heavy atom. The van der Waals surface area contributed by atoms with Crippen LogP contribution in [0.3, 0.4) is 0 Å². The summed E-state index contributed by atoms with van der Waals surface area (Å²) in [6.07, 6.45) is 3.98. The Morgan fingerprint density at radius 2 is 2.35 bits per heavy atom. The molecule has 0 atom stereocenters. The summed E-state index contributed by atoms with van der Waals surface area (Å²) in [6.45, 7) is 2.06. The summed E-state index contributed by atoms with van der Waals surface area (Å²) in [5, 5.41) is 11.6. The molecule has 4 heteroatoms. The monoisotopic (exact) mass is 228 g/mol. The Kier molecular flexibility index (Phi) is 2.65. The fraction of sp³-hybridized carbons (Fsp3) is 0.385. The summed E-state index contributed by atoms with van der Waals surface area (Å²) in [5.74, 6) is 0. The molecule has 3 rings (SSSR count). The molecule has 0 saturated carbocycles. The van der Waals surface area contributed by atoms with Gasteiger partial charge in [0.05, 0.1) is 5.69 Å². The molecular formula is C13H16N4. The molecule has 1 aromatic heterocycles. The molecule has 17 heavy (non-hydrogen) atoms. The molecule has 2 heterocycles. The van der Waals surface area contributed by atoms with Crippen LogP contribution < -0.4 is 5.32 Å². The first-order chi connectivity index (χ1) is 8.33. The van der Waals surface area contributed by atoms with Gasteiger partial charge in [-0.25, -0.2) is 0 Å². The standard InChI is InChI=1S/C13H16N4/c1-17-9-12(15-16-17)7-11-4-2-3-10-5-6-14-8-13(10)11/h2-4,9,14H,5-8H2,1H3. The lowest BCUT2D eigenvalue weighted by Gasteiger charge is -2.19. The summed E-state index contributed by atoms with van der Waals surface area (Å²) < 4.78 is 1.75. The number of hydrogen-bond acceptors (Lipinski definition) is 3. The van der Waals surface area contributed by atoms with Gasteiger partial charge >= 0.3 is 0 Å². The van der Waals surface area contributed by atoms with E-state index in [0.29, 0.717) is 0 Å². The third-order valence-corrected chi connectivity index (χ3v) is 3.26. The predicted molar refractivity (Wildman–Crippen MR) is 65.7 cm³/mol. The van der Waals surface area contributed by atoms with E-state index in [9.17, 15) is 0 Å². The van der Waals surface area contributed by atoms with Gasteiger partial charge in [-0.1, -0.05) is 23.4 Å². The van der Waals surface area contributed by atoms with E-state index >= 15 is 0 Å². The SMILES string of the molecule is Cn1cc(Cc2cccc3c2CNCC3)nn1. The van der Waals surface area contributed by atoms with Crippen LogP contribution in [-0.2, 0) is 26.4 Å². The molecule has 88 valence electrons. The molecule has 0 spiro atoms. The molecule has 0 amide bonds. The molecule has 0 saturated heterocycles. The van der Waals surface area contributed by atoms with Gasteiger partial charge in [-0.15, -0.1) is 5.10 Å². The van der Waals surface area contributed by atoms with Crippen molar-refractivity contribution in [3.05, 3.63) is 46.8 Å². The van der Waals surface area contributed by atoms with Crippen molar-refractivity contribution in [1.29, 1.82) is 0 Å². The van der Waals surface area contributed by atoms with Crippen molar-refractivity contribution in [1.82, 2.24) is 20.3 Å². The zero-order chi connectivity index (χ0) is 11.7. The van der Waals surface area contributed by atoms with Crippen LogP contribution in [0.2, 0.25) is 0 Å². The van der Waals surface area contributed by atoms with Gasteiger partial charge in [0, 0.05) is 26.2 Å². The maximum Gasteiger partial charge on any atom is 0.0870 e. The van der Waals surface area contributed by atoms with Crippen LogP contribution in [0, 0.1) is 0 Å². The average Bonchev–Trinajstić information content (AvgIpc) is 2.75. The Balaban J connectivity index is 1.92. The fourth-order valence-corrected chi connectivity index (χ4v) is 2.42. The first-order valence-corrected chi connectivity index (χ1v) is 5.98. The molecule has 1 aromatic carbocycles. The van der Waals surface area contributed by atoms with Crippen LogP contribution in [0.5, 0.6) is 0 Å². The van der Waals surface area contributed by atoms with Gasteiger partial charge in [-0.3, -0.25) is 4.68 Å². The van der Waals surface area contributed by atoms with Crippen molar-refractivity contribution in [2.45, 2.75) is 19.4 Å². The van der Waals surface area contributed by atoms with Crippen LogP contribution in [0.15, 0.2) is 24.4 Å². The van der Waals surface area contributed by atoms with Crippen molar-refractivity contribution in [2.24, 2.45) is 7.05 Å². The van der Waals surface area contributed by atoms with Crippen LogP contribution in [0.1, 0.15) is 22.4 Å². The van der Waals surface area contributed by atoms with E-state index < -0.39 is 0 Å². The summed E-state index contributed by atoms with van der Waals surface area (Å²) >= 11 is 0. The van der Waals surface area contributed by atoms with E-state index in [1.165, 1.54) is 16.7 Å². The Bertz CT molecular complexity index is 530. The molecule has 2 aromatic rings. The first kappa shape index (κ1) is 10.5. The molecule has 0 radical (unpaired) electrons. The second-order valence-electron chi connectivity index (χ2n) is 4.54. The summed E-state index contributed by atoms with van der Waals surface area (Å²) in [4.78, 5) is 0. The molecule has 0 fully saturated rings. The predicted octanol–water partition coefficient (Wildman–Crippen LogP) is 1.05. The minimum absolute atomic E-state index is 0.874. The highest BCUT2D eigenvalue weighted by atomic mass is 15.4. The normalized spacial score (nSPS) is 14.6. The molecule has 0 unspecified atom stereocenters. The van der Waals surface area contributed by atoms with Crippen LogP contribution in [0.4, 0.5) is 0 Å². The van der Waals surface area contributed by atoms with Gasteiger partial charge in [0.1, 0.15) is 0 Å². The second-order valence-corrected chi connectivity index (χ2v) is 4.54. The molecule has 1 aliphatic rings. The van der Waals surface area contributed by atoms with Crippen LogP contribution in [0.25, 0.3) is 0 Å². The average molecular weight is 228 g/mol. The van der Waals surface area contributed by atoms with Gasteiger partial charge in [-0.05, 0) is 29.7 Å². The highest BCUT2D eigenvalue weighted by molar-refractivity contribution is 5.38. The van der Waals surface area contributed by atoms with E-state index in [0.717, 1.165) is 31.6 Å². The topological polar surface area (TPSA) is 42.7 Å². The number of rotatable bonds is 2. The lowest BCUT2D eigenvalue weighted by molar-refractivity contribution is 0.638. The van der Waals surface area contributed by atoms with Crippen molar-refractivity contribution in [2.75, 3.05) is 6.54 Å². The largest absolute Gasteiger partial charge is 0.312 e. The third-order valence-electron chi connectivity index (χ3n) is 3.26. The Labute approximate surface area is 101 Å². The summed E-state index contributed by atoms with van der Waals surface area (Å²) in [5.41, 5.74) is 5.33. The number of benzene rings is 1. The zero-order valence-corrected chi connectivity index (χ0v) is 9.98. The lowest BCUT2D eigenvalue weighted by atomic mass is 9.94. The van der Waals surface area contributed by atoms with E-state index in [1.54, 1.807) is 4.68 Å². The zero-order valence-electron chi connectivity index (χ0n) is 9.98. The van der Waals surface area contributed by atoms with Crippen molar-refractivity contribution >= 4 is 0 Å². The second kappa shape index (κ2) is 4.30. The summed E-state index contributed by atoms with van der Waals surface area (Å²) in [7, 11) is 1.90. The smallest absolute Gasteiger partial charge is 0.0870 e. The van der Waals surface area contributed by atoms with E-state index in [-0.39, 0.29) is 0 Å². The fourth-order valence-electron chi connectivity index (χ4n) is 2.42. The van der Waals surface area contributed by atoms with Gasteiger partial charge in [0.25, 0.3) is 0 Å². The maximum absolute atomic E-state index is 4.15. The number of aromatic nitrogens is 3. The number of aryl methyl sites for hydroxylation is 1. The Morgan fingerprint density at radius 3 is 3.18 bits per heavy atom. The maximum atomic E-state index is 4.15. The molecule has 1 aliphatic heterocycles. The van der Waals surface area contributed by atoms with Gasteiger partial charge in [-0.2, -0.15) is 0 Å². The molecule has 0 bridgehead atoms.